The summed E-state index contributed by atoms with van der Waals surface area (Å²) in [6.07, 6.45) is 3.09. The van der Waals surface area contributed by atoms with E-state index in [-0.39, 0.29) is 12.4 Å². The van der Waals surface area contributed by atoms with Gasteiger partial charge in [-0.25, -0.2) is 0 Å². The molecule has 0 spiro atoms. The maximum absolute atomic E-state index is 5.55. The van der Waals surface area contributed by atoms with Gasteiger partial charge in [0.1, 0.15) is 0 Å². The van der Waals surface area contributed by atoms with E-state index in [1.165, 1.54) is 12.1 Å². The van der Waals surface area contributed by atoms with Crippen LogP contribution < -0.4 is 5.73 Å². The molecule has 1 aromatic rings. The topological polar surface area (TPSA) is 43.8 Å². The van der Waals surface area contributed by atoms with Crippen molar-refractivity contribution in [1.82, 2.24) is 9.78 Å². The third kappa shape index (κ3) is 1.47. The summed E-state index contributed by atoms with van der Waals surface area (Å²) in [7, 11) is 1.99. The summed E-state index contributed by atoms with van der Waals surface area (Å²) in [5.74, 6) is 1.40. The smallest absolute Gasteiger partial charge is 0.0492 e. The molecule has 4 heteroatoms. The maximum atomic E-state index is 5.55. The van der Waals surface area contributed by atoms with E-state index < -0.39 is 0 Å². The van der Waals surface area contributed by atoms with Crippen molar-refractivity contribution in [2.75, 3.05) is 6.54 Å². The van der Waals surface area contributed by atoms with Crippen LogP contribution >= 0.6 is 12.4 Å². The van der Waals surface area contributed by atoms with E-state index in [4.69, 9.17) is 5.73 Å². The van der Waals surface area contributed by atoms with Crippen LogP contribution in [0.4, 0.5) is 0 Å². The highest BCUT2D eigenvalue weighted by Gasteiger charge is 2.38. The molecule has 1 heterocycles. The fourth-order valence-electron chi connectivity index (χ4n) is 1.62. The van der Waals surface area contributed by atoms with E-state index in [2.05, 4.69) is 11.2 Å². The standard InChI is InChI=1S/C8H13N3.ClH/c1-11-8(2-3-10-11)7-4-6(7)5-9;/h2-3,6-7H,4-5,9H2,1H3;1H. The monoisotopic (exact) mass is 187 g/mol. The molecule has 2 atom stereocenters. The van der Waals surface area contributed by atoms with Crippen LogP contribution in [0.3, 0.4) is 0 Å². The third-order valence-corrected chi connectivity index (χ3v) is 2.46. The van der Waals surface area contributed by atoms with Crippen molar-refractivity contribution in [2.45, 2.75) is 12.3 Å². The van der Waals surface area contributed by atoms with Gasteiger partial charge in [0.05, 0.1) is 0 Å². The first kappa shape index (κ1) is 9.55. The summed E-state index contributed by atoms with van der Waals surface area (Å²) >= 11 is 0. The first-order valence-electron chi connectivity index (χ1n) is 4.01. The van der Waals surface area contributed by atoms with Gasteiger partial charge >= 0.3 is 0 Å². The van der Waals surface area contributed by atoms with Crippen molar-refractivity contribution in [1.29, 1.82) is 0 Å². The largest absolute Gasteiger partial charge is 0.330 e. The molecule has 68 valence electrons. The molecule has 0 amide bonds. The molecule has 2 N–H and O–H groups in total. The van der Waals surface area contributed by atoms with Crippen molar-refractivity contribution in [2.24, 2.45) is 18.7 Å². The molecule has 0 aliphatic heterocycles. The highest BCUT2D eigenvalue weighted by atomic mass is 35.5. The minimum Gasteiger partial charge on any atom is -0.330 e. The number of nitrogens with zero attached hydrogens (tertiary/aromatic N) is 2. The molecular formula is C8H14ClN3. The van der Waals surface area contributed by atoms with Gasteiger partial charge in [-0.3, -0.25) is 4.68 Å². The van der Waals surface area contributed by atoms with E-state index >= 15 is 0 Å². The summed E-state index contributed by atoms with van der Waals surface area (Å²) in [6.45, 7) is 0.815. The second-order valence-electron chi connectivity index (χ2n) is 3.22. The molecular weight excluding hydrogens is 174 g/mol. The lowest BCUT2D eigenvalue weighted by atomic mass is 10.2. The molecule has 0 bridgehead atoms. The molecule has 0 radical (unpaired) electrons. The van der Waals surface area contributed by atoms with E-state index in [1.807, 2.05) is 17.9 Å². The summed E-state index contributed by atoms with van der Waals surface area (Å²) < 4.78 is 1.94. The molecule has 0 saturated heterocycles. The molecule has 1 saturated carbocycles. The second-order valence-corrected chi connectivity index (χ2v) is 3.22. The molecule has 3 nitrogen and oxygen atoms in total. The van der Waals surface area contributed by atoms with Gasteiger partial charge in [0.2, 0.25) is 0 Å². The average Bonchev–Trinajstić information content (AvgIpc) is 2.68. The fourth-order valence-corrected chi connectivity index (χ4v) is 1.62. The summed E-state index contributed by atoms with van der Waals surface area (Å²) in [4.78, 5) is 0. The quantitative estimate of drug-likeness (QED) is 0.748. The maximum Gasteiger partial charge on any atom is 0.0492 e. The molecule has 1 aliphatic rings. The minimum atomic E-state index is 0. The zero-order chi connectivity index (χ0) is 7.84. The lowest BCUT2D eigenvalue weighted by molar-refractivity contribution is 0.690. The Hall–Kier alpha value is -0.540. The average molecular weight is 188 g/mol. The SMILES string of the molecule is Cl.Cn1nccc1C1CC1CN. The predicted octanol–water partition coefficient (Wildman–Crippen LogP) is 0.904. The first-order chi connectivity index (χ1) is 5.33. The molecule has 1 aliphatic carbocycles. The van der Waals surface area contributed by atoms with Crippen molar-refractivity contribution in [3.05, 3.63) is 18.0 Å². The predicted molar refractivity (Wildman–Crippen MR) is 50.4 cm³/mol. The molecule has 12 heavy (non-hydrogen) atoms. The zero-order valence-electron chi connectivity index (χ0n) is 7.10. The van der Waals surface area contributed by atoms with Gasteiger partial charge < -0.3 is 5.73 Å². The number of hydrogen-bond acceptors (Lipinski definition) is 2. The lowest BCUT2D eigenvalue weighted by Crippen LogP contribution is -2.04. The van der Waals surface area contributed by atoms with Crippen LogP contribution in [0.2, 0.25) is 0 Å². The van der Waals surface area contributed by atoms with Crippen LogP contribution in [0.5, 0.6) is 0 Å². The molecule has 2 unspecified atom stereocenters. The second kappa shape index (κ2) is 3.46. The number of aromatic nitrogens is 2. The van der Waals surface area contributed by atoms with Gasteiger partial charge in [-0.05, 0) is 24.9 Å². The Morgan fingerprint density at radius 2 is 2.50 bits per heavy atom. The van der Waals surface area contributed by atoms with Crippen molar-refractivity contribution in [3.8, 4) is 0 Å². The Balaban J connectivity index is 0.000000720. The first-order valence-corrected chi connectivity index (χ1v) is 4.01. The Kier molecular flexibility index (Phi) is 2.75. The highest BCUT2D eigenvalue weighted by molar-refractivity contribution is 5.85. The normalized spacial score (nSPS) is 26.5. The van der Waals surface area contributed by atoms with Crippen LogP contribution in [0, 0.1) is 5.92 Å². The van der Waals surface area contributed by atoms with Crippen LogP contribution in [0.1, 0.15) is 18.0 Å². The van der Waals surface area contributed by atoms with Crippen molar-refractivity contribution >= 4 is 12.4 Å². The lowest BCUT2D eigenvalue weighted by Gasteiger charge is -1.98. The van der Waals surface area contributed by atoms with Crippen LogP contribution in [0.15, 0.2) is 12.3 Å². The van der Waals surface area contributed by atoms with Gasteiger partial charge in [0.25, 0.3) is 0 Å². The van der Waals surface area contributed by atoms with E-state index in [9.17, 15) is 0 Å². The fraction of sp³-hybridized carbons (Fsp3) is 0.625. The summed E-state index contributed by atoms with van der Waals surface area (Å²) in [5.41, 5.74) is 6.88. The Labute approximate surface area is 78.4 Å². The van der Waals surface area contributed by atoms with Gasteiger partial charge in [0, 0.05) is 24.9 Å². The van der Waals surface area contributed by atoms with Crippen LogP contribution in [-0.2, 0) is 7.05 Å². The molecule has 1 fully saturated rings. The Morgan fingerprint density at radius 1 is 1.75 bits per heavy atom. The van der Waals surface area contributed by atoms with Crippen molar-refractivity contribution < 1.29 is 0 Å². The van der Waals surface area contributed by atoms with Crippen LogP contribution in [-0.4, -0.2) is 16.3 Å². The summed E-state index contributed by atoms with van der Waals surface area (Å²) in [5, 5.41) is 4.12. The number of nitrogens with two attached hydrogens (primary N) is 1. The highest BCUT2D eigenvalue weighted by Crippen LogP contribution is 2.46. The third-order valence-electron chi connectivity index (χ3n) is 2.46. The minimum absolute atomic E-state index is 0. The molecule has 1 aromatic heterocycles. The van der Waals surface area contributed by atoms with E-state index in [0.717, 1.165) is 6.54 Å². The number of halogens is 1. The van der Waals surface area contributed by atoms with E-state index in [1.54, 1.807) is 0 Å². The Morgan fingerprint density at radius 3 is 2.92 bits per heavy atom. The van der Waals surface area contributed by atoms with Gasteiger partial charge in [-0.15, -0.1) is 12.4 Å². The molecule has 2 rings (SSSR count). The van der Waals surface area contributed by atoms with Gasteiger partial charge in [0.15, 0.2) is 0 Å². The van der Waals surface area contributed by atoms with Crippen LogP contribution in [0.25, 0.3) is 0 Å². The number of aryl methyl sites for hydroxylation is 1. The van der Waals surface area contributed by atoms with Crippen molar-refractivity contribution in [3.63, 3.8) is 0 Å². The summed E-state index contributed by atoms with van der Waals surface area (Å²) in [6, 6.07) is 2.08. The van der Waals surface area contributed by atoms with Gasteiger partial charge in [-0.2, -0.15) is 5.10 Å². The Bertz CT molecular complexity index is 259. The number of rotatable bonds is 2. The number of hydrogen-bond donors (Lipinski definition) is 1. The zero-order valence-corrected chi connectivity index (χ0v) is 7.92. The molecule has 0 aromatic carbocycles. The van der Waals surface area contributed by atoms with E-state index in [0.29, 0.717) is 11.8 Å². The van der Waals surface area contributed by atoms with Gasteiger partial charge in [-0.1, -0.05) is 0 Å².